The van der Waals surface area contributed by atoms with Crippen LogP contribution in [0, 0.1) is 0 Å². The number of likely N-dealkylation sites (N-methyl/N-ethyl adjacent to an activating group) is 1. The van der Waals surface area contributed by atoms with Crippen LogP contribution in [0.25, 0.3) is 10.9 Å². The van der Waals surface area contributed by atoms with Crippen molar-refractivity contribution in [2.45, 2.75) is 12.6 Å². The number of rotatable bonds is 3. The predicted molar refractivity (Wildman–Crippen MR) is 87.0 cm³/mol. The van der Waals surface area contributed by atoms with Gasteiger partial charge in [-0.05, 0) is 6.07 Å². The van der Waals surface area contributed by atoms with Crippen LogP contribution in [-0.2, 0) is 16.1 Å². The van der Waals surface area contributed by atoms with E-state index >= 15 is 0 Å². The molecule has 5 nitrogen and oxygen atoms in total. The maximum Gasteiger partial charge on any atom is 0.252 e. The molecule has 1 aromatic heterocycles. The molecule has 2 aromatic rings. The highest BCUT2D eigenvalue weighted by Crippen LogP contribution is 2.28. The summed E-state index contributed by atoms with van der Waals surface area (Å²) in [7, 11) is 3.50. The fourth-order valence-corrected chi connectivity index (χ4v) is 3.05. The molecule has 1 aromatic carbocycles. The third-order valence-corrected chi connectivity index (χ3v) is 4.39. The fraction of sp³-hybridized carbons (Fsp3) is 0.438. The van der Waals surface area contributed by atoms with Crippen LogP contribution < -0.4 is 0 Å². The van der Waals surface area contributed by atoms with Crippen molar-refractivity contribution in [1.29, 1.82) is 0 Å². The molecule has 3 rings (SSSR count). The van der Waals surface area contributed by atoms with Gasteiger partial charge in [0.15, 0.2) is 0 Å². The van der Waals surface area contributed by atoms with Gasteiger partial charge in [0, 0.05) is 50.3 Å². The Labute approximate surface area is 134 Å². The molecule has 0 aliphatic carbocycles. The fourth-order valence-electron chi connectivity index (χ4n) is 2.78. The smallest absolute Gasteiger partial charge is 0.252 e. The number of H-pyrrole nitrogens is 1. The van der Waals surface area contributed by atoms with Crippen LogP contribution in [0.1, 0.15) is 5.69 Å². The molecule has 0 saturated carbocycles. The number of fused-ring (bicyclic) bond motifs is 1. The number of hydrogen-bond donors (Lipinski definition) is 1. The Morgan fingerprint density at radius 1 is 1.45 bits per heavy atom. The van der Waals surface area contributed by atoms with Crippen molar-refractivity contribution in [1.82, 2.24) is 14.8 Å². The number of benzene rings is 1. The van der Waals surface area contributed by atoms with Gasteiger partial charge in [0.05, 0.1) is 11.6 Å². The van der Waals surface area contributed by atoms with Crippen LogP contribution in [0.5, 0.6) is 0 Å². The molecule has 1 atom stereocenters. The molecular weight excluding hydrogens is 302 g/mol. The molecule has 22 heavy (non-hydrogen) atoms. The second-order valence-corrected chi connectivity index (χ2v) is 6.17. The van der Waals surface area contributed by atoms with Crippen LogP contribution in [0.3, 0.4) is 0 Å². The summed E-state index contributed by atoms with van der Waals surface area (Å²) >= 11 is 6.46. The third-order valence-electron chi connectivity index (χ3n) is 3.96. The molecule has 0 radical (unpaired) electrons. The number of aromatic amines is 1. The summed E-state index contributed by atoms with van der Waals surface area (Å²) in [5.74, 6) is 0.00689. The van der Waals surface area contributed by atoms with Crippen LogP contribution in [-0.4, -0.2) is 60.6 Å². The van der Waals surface area contributed by atoms with Crippen molar-refractivity contribution in [2.24, 2.45) is 0 Å². The predicted octanol–water partition coefficient (Wildman–Crippen LogP) is 2.11. The number of nitrogens with one attached hydrogen (secondary N) is 1. The first-order chi connectivity index (χ1) is 10.6. The summed E-state index contributed by atoms with van der Waals surface area (Å²) in [5.41, 5.74) is 2.03. The van der Waals surface area contributed by atoms with Crippen molar-refractivity contribution in [3.8, 4) is 0 Å². The van der Waals surface area contributed by atoms with Crippen LogP contribution in [0.15, 0.2) is 24.3 Å². The molecule has 1 saturated heterocycles. The largest absolute Gasteiger partial charge is 0.366 e. The minimum Gasteiger partial charge on any atom is -0.366 e. The molecule has 1 aliphatic rings. The highest BCUT2D eigenvalue weighted by molar-refractivity contribution is 6.36. The molecule has 2 heterocycles. The first-order valence-electron chi connectivity index (χ1n) is 7.36. The van der Waals surface area contributed by atoms with Crippen LogP contribution in [0.2, 0.25) is 5.02 Å². The summed E-state index contributed by atoms with van der Waals surface area (Å²) in [4.78, 5) is 19.2. The number of halogens is 1. The van der Waals surface area contributed by atoms with Gasteiger partial charge in [-0.25, -0.2) is 0 Å². The zero-order valence-electron chi connectivity index (χ0n) is 12.8. The third kappa shape index (κ3) is 2.97. The Balaban J connectivity index is 1.74. The highest BCUT2D eigenvalue weighted by Gasteiger charge is 2.28. The molecule has 1 aliphatic heterocycles. The Morgan fingerprint density at radius 2 is 2.23 bits per heavy atom. The number of aromatic nitrogens is 1. The van der Waals surface area contributed by atoms with E-state index in [0.717, 1.165) is 28.2 Å². The first kappa shape index (κ1) is 15.3. The van der Waals surface area contributed by atoms with Crippen molar-refractivity contribution >= 4 is 28.4 Å². The van der Waals surface area contributed by atoms with Gasteiger partial charge in [0.25, 0.3) is 5.91 Å². The first-order valence-corrected chi connectivity index (χ1v) is 7.74. The maximum atomic E-state index is 12.0. The number of carbonyl (C=O) groups excluding carboxylic acids is 1. The SMILES string of the molecule is CN(C)C(=O)[C@H]1CN(Cc2[nH]c3ccccc3c2Cl)CCO1. The number of carbonyl (C=O) groups is 1. The van der Waals surface area contributed by atoms with E-state index < -0.39 is 6.10 Å². The number of nitrogens with zero attached hydrogens (tertiary/aromatic N) is 2. The van der Waals surface area contributed by atoms with E-state index in [2.05, 4.69) is 9.88 Å². The minimum atomic E-state index is -0.396. The van der Waals surface area contributed by atoms with E-state index in [0.29, 0.717) is 19.7 Å². The van der Waals surface area contributed by atoms with Gasteiger partial charge in [0.1, 0.15) is 6.10 Å². The molecule has 0 spiro atoms. The average molecular weight is 322 g/mol. The molecule has 1 amide bonds. The maximum absolute atomic E-state index is 12.0. The van der Waals surface area contributed by atoms with E-state index in [1.807, 2.05) is 24.3 Å². The summed E-state index contributed by atoms with van der Waals surface area (Å²) in [6.45, 7) is 2.63. The molecule has 1 fully saturated rings. The molecular formula is C16H20ClN3O2. The molecule has 0 bridgehead atoms. The lowest BCUT2D eigenvalue weighted by molar-refractivity contribution is -0.147. The Morgan fingerprint density at radius 3 is 2.95 bits per heavy atom. The Kier molecular flexibility index (Phi) is 4.38. The lowest BCUT2D eigenvalue weighted by atomic mass is 10.2. The van der Waals surface area contributed by atoms with Gasteiger partial charge < -0.3 is 14.6 Å². The normalized spacial score (nSPS) is 19.5. The van der Waals surface area contributed by atoms with Crippen LogP contribution in [0.4, 0.5) is 0 Å². The van der Waals surface area contributed by atoms with Gasteiger partial charge in [-0.3, -0.25) is 9.69 Å². The average Bonchev–Trinajstić information content (AvgIpc) is 2.83. The number of amides is 1. The molecule has 0 unspecified atom stereocenters. The van der Waals surface area contributed by atoms with E-state index in [4.69, 9.17) is 16.3 Å². The lowest BCUT2D eigenvalue weighted by Gasteiger charge is -2.33. The van der Waals surface area contributed by atoms with Gasteiger partial charge >= 0.3 is 0 Å². The quantitative estimate of drug-likeness (QED) is 0.942. The summed E-state index contributed by atoms with van der Waals surface area (Å²) in [6, 6.07) is 7.99. The topological polar surface area (TPSA) is 48.6 Å². The standard InChI is InChI=1S/C16H20ClN3O2/c1-19(2)16(21)14-10-20(7-8-22-14)9-13-15(17)11-5-3-4-6-12(11)18-13/h3-6,14,18H,7-10H2,1-2H3/t14-/m1/s1. The zero-order chi connectivity index (χ0) is 15.7. The second-order valence-electron chi connectivity index (χ2n) is 5.79. The molecule has 118 valence electrons. The van der Waals surface area contributed by atoms with Crippen molar-refractivity contribution in [3.63, 3.8) is 0 Å². The van der Waals surface area contributed by atoms with Crippen molar-refractivity contribution < 1.29 is 9.53 Å². The Hall–Kier alpha value is -1.56. The van der Waals surface area contributed by atoms with E-state index in [-0.39, 0.29) is 5.91 Å². The monoisotopic (exact) mass is 321 g/mol. The minimum absolute atomic E-state index is 0.00689. The summed E-state index contributed by atoms with van der Waals surface area (Å²) < 4.78 is 5.58. The number of ether oxygens (including phenoxy) is 1. The van der Waals surface area contributed by atoms with Gasteiger partial charge in [-0.1, -0.05) is 29.8 Å². The summed E-state index contributed by atoms with van der Waals surface area (Å²) in [5, 5.41) is 1.80. The molecule has 1 N–H and O–H groups in total. The van der Waals surface area contributed by atoms with Gasteiger partial charge in [-0.2, -0.15) is 0 Å². The van der Waals surface area contributed by atoms with E-state index in [1.165, 1.54) is 0 Å². The van der Waals surface area contributed by atoms with E-state index in [9.17, 15) is 4.79 Å². The van der Waals surface area contributed by atoms with Gasteiger partial charge in [-0.15, -0.1) is 0 Å². The van der Waals surface area contributed by atoms with E-state index in [1.54, 1.807) is 19.0 Å². The number of para-hydroxylation sites is 1. The molecule has 6 heteroatoms. The lowest BCUT2D eigenvalue weighted by Crippen LogP contribution is -2.49. The zero-order valence-corrected chi connectivity index (χ0v) is 13.6. The highest BCUT2D eigenvalue weighted by atomic mass is 35.5. The van der Waals surface area contributed by atoms with Crippen LogP contribution >= 0.6 is 11.6 Å². The summed E-state index contributed by atoms with van der Waals surface area (Å²) in [6.07, 6.45) is -0.396. The Bertz CT molecular complexity index is 683. The number of morpholine rings is 1. The second kappa shape index (κ2) is 6.28. The van der Waals surface area contributed by atoms with Crippen molar-refractivity contribution in [2.75, 3.05) is 33.8 Å². The van der Waals surface area contributed by atoms with Gasteiger partial charge in [0.2, 0.25) is 0 Å². The number of hydrogen-bond acceptors (Lipinski definition) is 3. The van der Waals surface area contributed by atoms with Crippen molar-refractivity contribution in [3.05, 3.63) is 35.0 Å².